The number of primary amides is 1. The van der Waals surface area contributed by atoms with Crippen LogP contribution in [0.1, 0.15) is 10.4 Å². The van der Waals surface area contributed by atoms with E-state index in [1.165, 1.54) is 11.8 Å². The lowest BCUT2D eigenvalue weighted by Crippen LogP contribution is -2.15. The van der Waals surface area contributed by atoms with Crippen LogP contribution >= 0.6 is 11.8 Å². The number of thioether (sulfide) groups is 1. The molecule has 0 aliphatic rings. The quantitative estimate of drug-likeness (QED) is 0.479. The van der Waals surface area contributed by atoms with Crippen molar-refractivity contribution in [3.8, 4) is 0 Å². The van der Waals surface area contributed by atoms with Gasteiger partial charge in [0.05, 0.1) is 16.9 Å². The molecule has 1 amide bonds. The summed E-state index contributed by atoms with van der Waals surface area (Å²) < 4.78 is 0. The smallest absolute Gasteiger partial charge is 0.252 e. The van der Waals surface area contributed by atoms with Gasteiger partial charge in [0, 0.05) is 4.90 Å². The normalized spacial score (nSPS) is 9.92. The maximum absolute atomic E-state index is 11.0. The van der Waals surface area contributed by atoms with Crippen LogP contribution in [0, 0.1) is 0 Å². The Balaban J connectivity index is 3.41. The Morgan fingerprint density at radius 1 is 1.38 bits per heavy atom. The lowest BCUT2D eigenvalue weighted by molar-refractivity contribution is 0.0998. The summed E-state index contributed by atoms with van der Waals surface area (Å²) in [7, 11) is 0. The summed E-state index contributed by atoms with van der Waals surface area (Å²) in [5.41, 5.74) is 17.3. The zero-order valence-corrected chi connectivity index (χ0v) is 8.02. The van der Waals surface area contributed by atoms with Gasteiger partial charge in [-0.1, -0.05) is 0 Å². The second-order valence-corrected chi connectivity index (χ2v) is 3.36. The Labute approximate surface area is 80.5 Å². The lowest BCUT2D eigenvalue weighted by atomic mass is 10.1. The van der Waals surface area contributed by atoms with Crippen LogP contribution < -0.4 is 17.2 Å². The first-order valence-electron chi connectivity index (χ1n) is 3.59. The van der Waals surface area contributed by atoms with Gasteiger partial charge in [-0.15, -0.1) is 11.8 Å². The predicted octanol–water partition coefficient (Wildman–Crippen LogP) is 0.672. The van der Waals surface area contributed by atoms with E-state index in [1.807, 2.05) is 6.26 Å². The number of benzene rings is 1. The van der Waals surface area contributed by atoms with E-state index in [0.29, 0.717) is 11.3 Å². The fraction of sp³-hybridized carbons (Fsp3) is 0.125. The minimum atomic E-state index is -0.547. The van der Waals surface area contributed by atoms with Gasteiger partial charge in [-0.3, -0.25) is 4.79 Å². The molecular formula is C8H11N3OS. The fourth-order valence-corrected chi connectivity index (χ4v) is 1.66. The highest BCUT2D eigenvalue weighted by Crippen LogP contribution is 2.29. The summed E-state index contributed by atoms with van der Waals surface area (Å²) in [6.07, 6.45) is 1.84. The monoisotopic (exact) mass is 197 g/mol. The zero-order chi connectivity index (χ0) is 10.0. The van der Waals surface area contributed by atoms with Gasteiger partial charge in [-0.25, -0.2) is 0 Å². The summed E-state index contributed by atoms with van der Waals surface area (Å²) in [5.74, 6) is -0.547. The van der Waals surface area contributed by atoms with Crippen molar-refractivity contribution in [2.75, 3.05) is 17.7 Å². The molecule has 1 rings (SSSR count). The minimum Gasteiger partial charge on any atom is -0.397 e. The molecule has 13 heavy (non-hydrogen) atoms. The van der Waals surface area contributed by atoms with Crippen molar-refractivity contribution in [2.45, 2.75) is 4.90 Å². The molecular weight excluding hydrogens is 186 g/mol. The number of nitrogen functional groups attached to an aromatic ring is 2. The minimum absolute atomic E-state index is 0.263. The Hall–Kier alpha value is -1.36. The van der Waals surface area contributed by atoms with Crippen molar-refractivity contribution >= 4 is 29.0 Å². The van der Waals surface area contributed by atoms with E-state index >= 15 is 0 Å². The molecule has 1 aromatic carbocycles. The van der Waals surface area contributed by atoms with Crippen LogP contribution in [0.25, 0.3) is 0 Å². The van der Waals surface area contributed by atoms with E-state index in [4.69, 9.17) is 17.2 Å². The van der Waals surface area contributed by atoms with E-state index in [0.717, 1.165) is 4.90 Å². The van der Waals surface area contributed by atoms with E-state index in [2.05, 4.69) is 0 Å². The average Bonchev–Trinajstić information content (AvgIpc) is 2.08. The van der Waals surface area contributed by atoms with Crippen molar-refractivity contribution < 1.29 is 4.79 Å². The van der Waals surface area contributed by atoms with Gasteiger partial charge in [0.15, 0.2) is 0 Å². The Morgan fingerprint density at radius 2 is 2.00 bits per heavy atom. The Bertz CT molecular complexity index is 351. The Morgan fingerprint density at radius 3 is 2.46 bits per heavy atom. The van der Waals surface area contributed by atoms with Crippen LogP contribution in [0.3, 0.4) is 0 Å². The van der Waals surface area contributed by atoms with Crippen molar-refractivity contribution in [2.24, 2.45) is 5.73 Å². The SMILES string of the molecule is CSc1ccc(N)c(N)c1C(N)=O. The molecule has 0 aromatic heterocycles. The highest BCUT2D eigenvalue weighted by Gasteiger charge is 2.13. The first-order chi connectivity index (χ1) is 6.07. The van der Waals surface area contributed by atoms with Crippen molar-refractivity contribution in [3.63, 3.8) is 0 Å². The lowest BCUT2D eigenvalue weighted by Gasteiger charge is -2.08. The molecule has 0 fully saturated rings. The summed E-state index contributed by atoms with van der Waals surface area (Å²) in [6, 6.07) is 3.39. The number of carbonyl (C=O) groups excluding carboxylic acids is 1. The molecule has 5 heteroatoms. The van der Waals surface area contributed by atoms with Crippen LogP contribution in [0.5, 0.6) is 0 Å². The van der Waals surface area contributed by atoms with Gasteiger partial charge in [0.2, 0.25) is 0 Å². The Kier molecular flexibility index (Phi) is 2.67. The number of hydrogen-bond acceptors (Lipinski definition) is 4. The molecule has 0 aliphatic heterocycles. The highest BCUT2D eigenvalue weighted by atomic mass is 32.2. The van der Waals surface area contributed by atoms with Crippen molar-refractivity contribution in [1.29, 1.82) is 0 Å². The maximum Gasteiger partial charge on any atom is 0.252 e. The fourth-order valence-electron chi connectivity index (χ4n) is 1.04. The van der Waals surface area contributed by atoms with Gasteiger partial charge in [-0.2, -0.15) is 0 Å². The number of hydrogen-bond donors (Lipinski definition) is 3. The van der Waals surface area contributed by atoms with Gasteiger partial charge in [0.25, 0.3) is 5.91 Å². The summed E-state index contributed by atoms with van der Waals surface area (Å²) in [5, 5.41) is 0. The average molecular weight is 197 g/mol. The summed E-state index contributed by atoms with van der Waals surface area (Å²) >= 11 is 1.41. The molecule has 0 radical (unpaired) electrons. The molecule has 0 bridgehead atoms. The highest BCUT2D eigenvalue weighted by molar-refractivity contribution is 7.98. The zero-order valence-electron chi connectivity index (χ0n) is 7.20. The third-order valence-electron chi connectivity index (χ3n) is 1.71. The molecule has 0 aliphatic carbocycles. The number of rotatable bonds is 2. The van der Waals surface area contributed by atoms with Gasteiger partial charge < -0.3 is 17.2 Å². The molecule has 0 spiro atoms. The standard InChI is InChI=1S/C8H11N3OS/c1-13-5-3-2-4(9)7(10)6(5)8(11)12/h2-3H,9-10H2,1H3,(H2,11,12). The van der Waals surface area contributed by atoms with Crippen molar-refractivity contribution in [1.82, 2.24) is 0 Å². The van der Waals surface area contributed by atoms with Gasteiger partial charge in [-0.05, 0) is 18.4 Å². The molecule has 0 atom stereocenters. The largest absolute Gasteiger partial charge is 0.397 e. The van der Waals surface area contributed by atoms with Gasteiger partial charge >= 0.3 is 0 Å². The summed E-state index contributed by atoms with van der Waals surface area (Å²) in [4.78, 5) is 11.8. The summed E-state index contributed by atoms with van der Waals surface area (Å²) in [6.45, 7) is 0. The third-order valence-corrected chi connectivity index (χ3v) is 2.49. The van der Waals surface area contributed by atoms with Crippen LogP contribution in [-0.2, 0) is 0 Å². The van der Waals surface area contributed by atoms with Crippen LogP contribution in [0.2, 0.25) is 0 Å². The molecule has 70 valence electrons. The van der Waals surface area contributed by atoms with E-state index in [1.54, 1.807) is 12.1 Å². The molecule has 0 unspecified atom stereocenters. The molecule has 0 heterocycles. The molecule has 1 aromatic rings. The number of anilines is 2. The second kappa shape index (κ2) is 3.57. The van der Waals surface area contributed by atoms with Crippen LogP contribution in [0.4, 0.5) is 11.4 Å². The van der Waals surface area contributed by atoms with E-state index in [-0.39, 0.29) is 5.69 Å². The number of nitrogens with two attached hydrogens (primary N) is 3. The van der Waals surface area contributed by atoms with E-state index < -0.39 is 5.91 Å². The maximum atomic E-state index is 11.0. The van der Waals surface area contributed by atoms with E-state index in [9.17, 15) is 4.79 Å². The first kappa shape index (κ1) is 9.73. The number of carbonyl (C=O) groups is 1. The van der Waals surface area contributed by atoms with Crippen molar-refractivity contribution in [3.05, 3.63) is 17.7 Å². The predicted molar refractivity (Wildman–Crippen MR) is 55.6 cm³/mol. The van der Waals surface area contributed by atoms with Crippen LogP contribution in [-0.4, -0.2) is 12.2 Å². The topological polar surface area (TPSA) is 95.1 Å². The molecule has 4 nitrogen and oxygen atoms in total. The van der Waals surface area contributed by atoms with Crippen LogP contribution in [0.15, 0.2) is 17.0 Å². The molecule has 0 saturated carbocycles. The third kappa shape index (κ3) is 1.70. The number of amides is 1. The first-order valence-corrected chi connectivity index (χ1v) is 4.82. The van der Waals surface area contributed by atoms with Gasteiger partial charge in [0.1, 0.15) is 0 Å². The second-order valence-electron chi connectivity index (χ2n) is 2.51. The molecule has 0 saturated heterocycles. The molecule has 6 N–H and O–H groups in total.